The van der Waals surface area contributed by atoms with Crippen LogP contribution in [-0.4, -0.2) is 29.0 Å². The van der Waals surface area contributed by atoms with Crippen molar-refractivity contribution in [1.29, 1.82) is 0 Å². The van der Waals surface area contributed by atoms with Gasteiger partial charge >= 0.3 is 0 Å². The Morgan fingerprint density at radius 3 is 2.69 bits per heavy atom. The molecule has 2 aliphatic rings. The molecule has 4 nitrogen and oxygen atoms in total. The van der Waals surface area contributed by atoms with Crippen molar-refractivity contribution in [2.45, 2.75) is 64.8 Å². The first-order valence-corrected chi connectivity index (χ1v) is 11.3. The van der Waals surface area contributed by atoms with Crippen LogP contribution in [0.5, 0.6) is 0 Å². The van der Waals surface area contributed by atoms with Crippen molar-refractivity contribution in [3.8, 4) is 11.3 Å². The van der Waals surface area contributed by atoms with Crippen LogP contribution in [0, 0.1) is 6.92 Å². The molecule has 1 fully saturated rings. The molecule has 154 valence electrons. The van der Waals surface area contributed by atoms with Gasteiger partial charge in [0, 0.05) is 36.0 Å². The quantitative estimate of drug-likeness (QED) is 0.684. The molecule has 1 aromatic carbocycles. The van der Waals surface area contributed by atoms with E-state index in [4.69, 9.17) is 4.98 Å². The van der Waals surface area contributed by atoms with Crippen molar-refractivity contribution in [2.75, 3.05) is 18.5 Å². The first-order valence-electron chi connectivity index (χ1n) is 11.3. The fourth-order valence-corrected chi connectivity index (χ4v) is 4.37. The number of benzene rings is 1. The number of piperidine rings is 1. The lowest BCUT2D eigenvalue weighted by Gasteiger charge is -2.32. The predicted octanol–water partition coefficient (Wildman–Crippen LogP) is 5.76. The number of rotatable bonds is 2. The minimum atomic E-state index is 0.420. The zero-order chi connectivity index (χ0) is 20.1. The van der Waals surface area contributed by atoms with E-state index in [9.17, 15) is 0 Å². The minimum absolute atomic E-state index is 0.420. The Bertz CT molecular complexity index is 852. The fraction of sp³-hybridized carbons (Fsp3) is 0.480. The average Bonchev–Trinajstić information content (AvgIpc) is 2.78. The Balaban J connectivity index is 1.74. The molecule has 0 spiro atoms. The van der Waals surface area contributed by atoms with Crippen LogP contribution in [0.4, 0.5) is 5.82 Å². The first kappa shape index (κ1) is 20.0. The zero-order valence-electron chi connectivity index (χ0n) is 17.9. The molecule has 2 aliphatic heterocycles. The van der Waals surface area contributed by atoms with Gasteiger partial charge in [-0.15, -0.1) is 0 Å². The number of hydrazine groups is 1. The van der Waals surface area contributed by atoms with Gasteiger partial charge in [0.15, 0.2) is 0 Å². The molecule has 2 aromatic rings. The Morgan fingerprint density at radius 2 is 1.86 bits per heavy atom. The van der Waals surface area contributed by atoms with Crippen LogP contribution in [0.1, 0.15) is 63.0 Å². The van der Waals surface area contributed by atoms with Crippen molar-refractivity contribution in [3.63, 3.8) is 0 Å². The van der Waals surface area contributed by atoms with Crippen LogP contribution in [0.15, 0.2) is 42.5 Å². The molecule has 29 heavy (non-hydrogen) atoms. The summed E-state index contributed by atoms with van der Waals surface area (Å²) >= 11 is 0. The largest absolute Gasteiger partial charge is 0.371 e. The minimum Gasteiger partial charge on any atom is -0.371 e. The van der Waals surface area contributed by atoms with Crippen molar-refractivity contribution < 1.29 is 0 Å². The van der Waals surface area contributed by atoms with Gasteiger partial charge in [-0.1, -0.05) is 36.3 Å². The highest BCUT2D eigenvalue weighted by atomic mass is 15.4. The van der Waals surface area contributed by atoms with E-state index in [-0.39, 0.29) is 0 Å². The lowest BCUT2D eigenvalue weighted by atomic mass is 10.0. The number of hydrogen-bond donors (Lipinski definition) is 2. The summed E-state index contributed by atoms with van der Waals surface area (Å²) < 4.78 is 0. The molecule has 0 radical (unpaired) electrons. The van der Waals surface area contributed by atoms with E-state index in [0.29, 0.717) is 6.04 Å². The van der Waals surface area contributed by atoms with Crippen molar-refractivity contribution in [1.82, 2.24) is 15.3 Å². The van der Waals surface area contributed by atoms with Crippen molar-refractivity contribution in [2.24, 2.45) is 0 Å². The first-order chi connectivity index (χ1) is 14.2. The summed E-state index contributed by atoms with van der Waals surface area (Å²) in [6, 6.07) is 13.4. The van der Waals surface area contributed by atoms with Crippen LogP contribution in [0.3, 0.4) is 0 Å². The normalized spacial score (nSPS) is 22.6. The Labute approximate surface area is 175 Å². The second-order valence-corrected chi connectivity index (χ2v) is 8.55. The standard InChI is InChI=1S/C25H34N4/c1-19-10-9-12-21(18-19)23-15-14-22-24(29-16-7-4-8-17-29)13-6-3-5-11-20(2)27-28-25(22)26-23/h9-10,12-15,18,20,27H,3-8,11,16-17H2,1-2H3,(H,26,28)/b24-13+. The Hall–Kier alpha value is -2.33. The summed E-state index contributed by atoms with van der Waals surface area (Å²) in [6.45, 7) is 6.67. The second kappa shape index (κ2) is 9.45. The van der Waals surface area contributed by atoms with E-state index in [1.54, 1.807) is 0 Å². The Kier molecular flexibility index (Phi) is 6.50. The number of aryl methyl sites for hydroxylation is 1. The lowest BCUT2D eigenvalue weighted by Crippen LogP contribution is -2.33. The number of hydrogen-bond acceptors (Lipinski definition) is 4. The maximum atomic E-state index is 5.07. The lowest BCUT2D eigenvalue weighted by molar-refractivity contribution is 0.325. The summed E-state index contributed by atoms with van der Waals surface area (Å²) in [5, 5.41) is 0. The molecule has 0 saturated carbocycles. The maximum Gasteiger partial charge on any atom is 0.150 e. The van der Waals surface area contributed by atoms with Crippen molar-refractivity contribution in [3.05, 3.63) is 53.6 Å². The van der Waals surface area contributed by atoms with E-state index >= 15 is 0 Å². The molecule has 0 bridgehead atoms. The number of nitrogens with one attached hydrogen (secondary N) is 2. The molecule has 4 rings (SSSR count). The summed E-state index contributed by atoms with van der Waals surface area (Å²) in [4.78, 5) is 7.64. The molecule has 0 aliphatic carbocycles. The summed E-state index contributed by atoms with van der Waals surface area (Å²) in [5.74, 6) is 0.939. The summed E-state index contributed by atoms with van der Waals surface area (Å²) in [6.07, 6.45) is 11.2. The molecule has 1 saturated heterocycles. The van der Waals surface area contributed by atoms with Gasteiger partial charge in [-0.05, 0) is 70.6 Å². The van der Waals surface area contributed by atoms with Crippen LogP contribution in [0.2, 0.25) is 0 Å². The molecule has 3 heterocycles. The molecule has 1 aromatic heterocycles. The van der Waals surface area contributed by atoms with Crippen molar-refractivity contribution >= 4 is 11.5 Å². The van der Waals surface area contributed by atoms with Gasteiger partial charge in [-0.25, -0.2) is 10.4 Å². The zero-order valence-corrected chi connectivity index (χ0v) is 17.9. The van der Waals surface area contributed by atoms with Crippen LogP contribution in [-0.2, 0) is 0 Å². The van der Waals surface area contributed by atoms with Gasteiger partial charge in [-0.3, -0.25) is 0 Å². The molecular weight excluding hydrogens is 356 g/mol. The van der Waals surface area contributed by atoms with E-state index in [2.05, 4.69) is 72.1 Å². The number of aromatic nitrogens is 1. The summed E-state index contributed by atoms with van der Waals surface area (Å²) in [5.41, 5.74) is 13.0. The smallest absolute Gasteiger partial charge is 0.150 e. The molecule has 4 heteroatoms. The van der Waals surface area contributed by atoms with Gasteiger partial charge in [0.25, 0.3) is 0 Å². The third-order valence-electron chi connectivity index (χ3n) is 6.05. The fourth-order valence-electron chi connectivity index (χ4n) is 4.37. The SMILES string of the molecule is Cc1cccc(-c2ccc3c(n2)NNC(C)CCCC/C=C\3N2CCCCC2)c1. The molecule has 1 unspecified atom stereocenters. The number of fused-ring (bicyclic) bond motifs is 1. The van der Waals surface area contributed by atoms with E-state index in [1.807, 2.05) is 0 Å². The third-order valence-corrected chi connectivity index (χ3v) is 6.05. The highest BCUT2D eigenvalue weighted by Gasteiger charge is 2.20. The predicted molar refractivity (Wildman–Crippen MR) is 122 cm³/mol. The third kappa shape index (κ3) is 4.99. The van der Waals surface area contributed by atoms with E-state index in [0.717, 1.165) is 31.0 Å². The average molecular weight is 391 g/mol. The van der Waals surface area contributed by atoms with Gasteiger partial charge in [0.2, 0.25) is 0 Å². The van der Waals surface area contributed by atoms with Crippen LogP contribution >= 0.6 is 0 Å². The number of nitrogens with zero attached hydrogens (tertiary/aromatic N) is 2. The highest BCUT2D eigenvalue weighted by Crippen LogP contribution is 2.31. The molecule has 1 atom stereocenters. The number of pyridine rings is 1. The second-order valence-electron chi connectivity index (χ2n) is 8.55. The van der Waals surface area contributed by atoms with Gasteiger partial charge < -0.3 is 10.3 Å². The van der Waals surface area contributed by atoms with Crippen LogP contribution < -0.4 is 10.9 Å². The molecular formula is C25H34N4. The monoisotopic (exact) mass is 390 g/mol. The number of allylic oxidation sites excluding steroid dienone is 1. The molecule has 0 amide bonds. The topological polar surface area (TPSA) is 40.2 Å². The number of likely N-dealkylation sites (tertiary alicyclic amines) is 1. The van der Waals surface area contributed by atoms with Crippen LogP contribution in [0.25, 0.3) is 17.0 Å². The Morgan fingerprint density at radius 1 is 1.00 bits per heavy atom. The van der Waals surface area contributed by atoms with E-state index in [1.165, 1.54) is 60.9 Å². The van der Waals surface area contributed by atoms with Gasteiger partial charge in [0.1, 0.15) is 5.82 Å². The van der Waals surface area contributed by atoms with Gasteiger partial charge in [0.05, 0.1) is 5.69 Å². The van der Waals surface area contributed by atoms with Gasteiger partial charge in [-0.2, -0.15) is 0 Å². The highest BCUT2D eigenvalue weighted by molar-refractivity contribution is 5.76. The number of anilines is 1. The maximum absolute atomic E-state index is 5.07. The molecule has 2 N–H and O–H groups in total. The summed E-state index contributed by atoms with van der Waals surface area (Å²) in [7, 11) is 0. The van der Waals surface area contributed by atoms with E-state index < -0.39 is 0 Å².